The van der Waals surface area contributed by atoms with Crippen molar-refractivity contribution in [2.75, 3.05) is 7.11 Å². The average molecular weight is 248 g/mol. The molecule has 2 aromatic carbocycles. The molecule has 0 aliphatic heterocycles. The van der Waals surface area contributed by atoms with Crippen LogP contribution in [-0.2, 0) is 6.61 Å². The second kappa shape index (κ2) is 5.40. The van der Waals surface area contributed by atoms with E-state index in [2.05, 4.69) is 0 Å². The summed E-state index contributed by atoms with van der Waals surface area (Å²) in [6, 6.07) is 11.2. The molecule has 0 fully saturated rings. The Morgan fingerprint density at radius 2 is 1.94 bits per heavy atom. The molecular formula is C14H13FO3. The van der Waals surface area contributed by atoms with Gasteiger partial charge in [0, 0.05) is 11.6 Å². The number of aromatic hydroxyl groups is 1. The van der Waals surface area contributed by atoms with Crippen molar-refractivity contribution >= 4 is 0 Å². The van der Waals surface area contributed by atoms with Gasteiger partial charge in [0.15, 0.2) is 11.6 Å². The van der Waals surface area contributed by atoms with Crippen LogP contribution in [0.1, 0.15) is 5.56 Å². The molecular weight excluding hydrogens is 235 g/mol. The quantitative estimate of drug-likeness (QED) is 0.903. The molecule has 0 aromatic heterocycles. The van der Waals surface area contributed by atoms with Crippen LogP contribution in [0.25, 0.3) is 0 Å². The van der Waals surface area contributed by atoms with Crippen molar-refractivity contribution < 1.29 is 19.0 Å². The summed E-state index contributed by atoms with van der Waals surface area (Å²) in [4.78, 5) is 0. The zero-order valence-electron chi connectivity index (χ0n) is 9.89. The van der Waals surface area contributed by atoms with E-state index >= 15 is 0 Å². The van der Waals surface area contributed by atoms with Crippen LogP contribution in [0, 0.1) is 5.82 Å². The van der Waals surface area contributed by atoms with E-state index in [4.69, 9.17) is 9.47 Å². The van der Waals surface area contributed by atoms with Gasteiger partial charge in [-0.2, -0.15) is 0 Å². The van der Waals surface area contributed by atoms with Crippen LogP contribution in [0.15, 0.2) is 42.5 Å². The monoisotopic (exact) mass is 248 g/mol. The lowest BCUT2D eigenvalue weighted by Crippen LogP contribution is -2.00. The molecule has 0 bridgehead atoms. The second-order valence-corrected chi connectivity index (χ2v) is 3.72. The molecule has 0 radical (unpaired) electrons. The van der Waals surface area contributed by atoms with Crippen molar-refractivity contribution in [2.45, 2.75) is 6.61 Å². The minimum Gasteiger partial charge on any atom is -0.508 e. The van der Waals surface area contributed by atoms with Crippen LogP contribution in [0.4, 0.5) is 4.39 Å². The van der Waals surface area contributed by atoms with Gasteiger partial charge in [0.1, 0.15) is 18.1 Å². The fourth-order valence-electron chi connectivity index (χ4n) is 1.56. The van der Waals surface area contributed by atoms with Crippen molar-refractivity contribution in [2.24, 2.45) is 0 Å². The molecule has 0 unspecified atom stereocenters. The standard InChI is InChI=1S/C14H13FO3/c1-17-13-7-2-4-10(14(13)15)9-18-12-6-3-5-11(16)8-12/h2-8,16H,9H2,1H3. The van der Waals surface area contributed by atoms with E-state index in [0.29, 0.717) is 11.3 Å². The van der Waals surface area contributed by atoms with E-state index in [1.165, 1.54) is 13.2 Å². The molecule has 4 heteroatoms. The lowest BCUT2D eigenvalue weighted by Gasteiger charge is -2.09. The number of phenols is 1. The highest BCUT2D eigenvalue weighted by Gasteiger charge is 2.08. The number of methoxy groups -OCH3 is 1. The van der Waals surface area contributed by atoms with Gasteiger partial charge in [0.05, 0.1) is 7.11 Å². The normalized spacial score (nSPS) is 10.1. The lowest BCUT2D eigenvalue weighted by atomic mass is 10.2. The highest BCUT2D eigenvalue weighted by atomic mass is 19.1. The Kier molecular flexibility index (Phi) is 3.67. The van der Waals surface area contributed by atoms with Gasteiger partial charge in [-0.25, -0.2) is 4.39 Å². The van der Waals surface area contributed by atoms with Crippen molar-refractivity contribution in [3.8, 4) is 17.2 Å². The third-order valence-electron chi connectivity index (χ3n) is 2.48. The van der Waals surface area contributed by atoms with E-state index in [0.717, 1.165) is 0 Å². The molecule has 1 N–H and O–H groups in total. The van der Waals surface area contributed by atoms with Crippen LogP contribution in [-0.4, -0.2) is 12.2 Å². The number of hydrogen-bond donors (Lipinski definition) is 1. The Hall–Kier alpha value is -2.23. The van der Waals surface area contributed by atoms with E-state index in [1.54, 1.807) is 36.4 Å². The van der Waals surface area contributed by atoms with Crippen LogP contribution >= 0.6 is 0 Å². The second-order valence-electron chi connectivity index (χ2n) is 3.72. The van der Waals surface area contributed by atoms with Gasteiger partial charge in [-0.3, -0.25) is 0 Å². The molecule has 3 nitrogen and oxygen atoms in total. The van der Waals surface area contributed by atoms with Crippen molar-refractivity contribution in [3.05, 3.63) is 53.8 Å². The first-order valence-corrected chi connectivity index (χ1v) is 5.44. The van der Waals surface area contributed by atoms with Crippen molar-refractivity contribution in [1.29, 1.82) is 0 Å². The molecule has 0 heterocycles. The van der Waals surface area contributed by atoms with Gasteiger partial charge >= 0.3 is 0 Å². The first-order valence-electron chi connectivity index (χ1n) is 5.44. The fraction of sp³-hybridized carbons (Fsp3) is 0.143. The lowest BCUT2D eigenvalue weighted by molar-refractivity contribution is 0.294. The molecule has 2 aromatic rings. The van der Waals surface area contributed by atoms with Crippen LogP contribution < -0.4 is 9.47 Å². The van der Waals surface area contributed by atoms with Gasteiger partial charge in [-0.05, 0) is 18.2 Å². The van der Waals surface area contributed by atoms with Gasteiger partial charge < -0.3 is 14.6 Å². The van der Waals surface area contributed by atoms with Gasteiger partial charge in [-0.1, -0.05) is 18.2 Å². The zero-order chi connectivity index (χ0) is 13.0. The summed E-state index contributed by atoms with van der Waals surface area (Å²) in [5.74, 6) is 0.350. The summed E-state index contributed by atoms with van der Waals surface area (Å²) in [7, 11) is 1.41. The zero-order valence-corrected chi connectivity index (χ0v) is 9.89. The minimum absolute atomic E-state index is 0.0759. The summed E-state index contributed by atoms with van der Waals surface area (Å²) in [6.45, 7) is 0.0759. The number of halogens is 1. The fourth-order valence-corrected chi connectivity index (χ4v) is 1.56. The Balaban J connectivity index is 2.11. The summed E-state index contributed by atoms with van der Waals surface area (Å²) in [5.41, 5.74) is 0.401. The molecule has 0 saturated heterocycles. The van der Waals surface area contributed by atoms with Crippen molar-refractivity contribution in [3.63, 3.8) is 0 Å². The minimum atomic E-state index is -0.430. The predicted octanol–water partition coefficient (Wildman–Crippen LogP) is 3.12. The number of phenolic OH excluding ortho intramolecular Hbond substituents is 1. The molecule has 18 heavy (non-hydrogen) atoms. The smallest absolute Gasteiger partial charge is 0.171 e. The average Bonchev–Trinajstić information content (AvgIpc) is 2.38. The molecule has 0 aliphatic rings. The van der Waals surface area contributed by atoms with E-state index < -0.39 is 5.82 Å². The maximum absolute atomic E-state index is 13.8. The Bertz CT molecular complexity index is 540. The maximum Gasteiger partial charge on any atom is 0.171 e. The number of hydrogen-bond acceptors (Lipinski definition) is 3. The molecule has 0 atom stereocenters. The van der Waals surface area contributed by atoms with Crippen LogP contribution in [0.2, 0.25) is 0 Å². The molecule has 0 saturated carbocycles. The predicted molar refractivity (Wildman–Crippen MR) is 65.4 cm³/mol. The van der Waals surface area contributed by atoms with Gasteiger partial charge in [0.25, 0.3) is 0 Å². The van der Waals surface area contributed by atoms with Gasteiger partial charge in [0.2, 0.25) is 0 Å². The Morgan fingerprint density at radius 1 is 1.17 bits per heavy atom. The SMILES string of the molecule is COc1cccc(COc2cccc(O)c2)c1F. The highest BCUT2D eigenvalue weighted by molar-refractivity contribution is 5.33. The molecule has 0 aliphatic carbocycles. The first-order chi connectivity index (χ1) is 8.70. The topological polar surface area (TPSA) is 38.7 Å². The summed E-state index contributed by atoms with van der Waals surface area (Å²) < 4.78 is 24.1. The molecule has 0 amide bonds. The molecule has 94 valence electrons. The van der Waals surface area contributed by atoms with Crippen LogP contribution in [0.5, 0.6) is 17.2 Å². The Labute approximate surface area is 104 Å². The van der Waals surface area contributed by atoms with Gasteiger partial charge in [-0.15, -0.1) is 0 Å². The summed E-state index contributed by atoms with van der Waals surface area (Å²) in [5, 5.41) is 9.27. The molecule has 0 spiro atoms. The summed E-state index contributed by atoms with van der Waals surface area (Å²) >= 11 is 0. The first kappa shape index (κ1) is 12.2. The van der Waals surface area contributed by atoms with E-state index in [1.807, 2.05) is 0 Å². The number of ether oxygens (including phenoxy) is 2. The largest absolute Gasteiger partial charge is 0.508 e. The van der Waals surface area contributed by atoms with Crippen molar-refractivity contribution in [1.82, 2.24) is 0 Å². The van der Waals surface area contributed by atoms with Crippen LogP contribution in [0.3, 0.4) is 0 Å². The third-order valence-corrected chi connectivity index (χ3v) is 2.48. The third kappa shape index (κ3) is 2.71. The van der Waals surface area contributed by atoms with E-state index in [-0.39, 0.29) is 18.1 Å². The summed E-state index contributed by atoms with van der Waals surface area (Å²) in [6.07, 6.45) is 0. The number of benzene rings is 2. The Morgan fingerprint density at radius 3 is 2.67 bits per heavy atom. The number of rotatable bonds is 4. The highest BCUT2D eigenvalue weighted by Crippen LogP contribution is 2.23. The maximum atomic E-state index is 13.8. The van der Waals surface area contributed by atoms with E-state index in [9.17, 15) is 9.50 Å². The molecule has 2 rings (SSSR count).